The molecule has 108 valence electrons. The molecule has 0 bridgehead atoms. The lowest BCUT2D eigenvalue weighted by atomic mass is 10.1. The number of aliphatic carboxylic acids is 1. The number of carboxylic acid groups (broad SMARTS) is 1. The fourth-order valence-electron chi connectivity index (χ4n) is 1.94. The number of carbonyl (C=O) groups is 2. The number of nitrogens with zero attached hydrogens (tertiary/aromatic N) is 1. The van der Waals surface area contributed by atoms with E-state index in [1.54, 1.807) is 0 Å². The summed E-state index contributed by atoms with van der Waals surface area (Å²) < 4.78 is 39.9. The van der Waals surface area contributed by atoms with Crippen LogP contribution in [0.1, 0.15) is 29.6 Å². The second kappa shape index (κ2) is 5.52. The molecule has 0 atom stereocenters. The van der Waals surface area contributed by atoms with Gasteiger partial charge < -0.3 is 10.0 Å². The molecule has 1 amide bonds. The summed E-state index contributed by atoms with van der Waals surface area (Å²) >= 11 is 0. The minimum atomic E-state index is -1.28. The van der Waals surface area contributed by atoms with E-state index in [9.17, 15) is 22.8 Å². The van der Waals surface area contributed by atoms with Gasteiger partial charge in [-0.1, -0.05) is 0 Å². The number of carbonyl (C=O) groups excluding carboxylic acids is 1. The largest absolute Gasteiger partial charge is 0.481 e. The Morgan fingerprint density at radius 1 is 1.20 bits per heavy atom. The molecular formula is C13H12F3NO3. The van der Waals surface area contributed by atoms with Crippen molar-refractivity contribution in [3.8, 4) is 0 Å². The van der Waals surface area contributed by atoms with Gasteiger partial charge in [0.1, 0.15) is 23.0 Å². The Morgan fingerprint density at radius 2 is 1.75 bits per heavy atom. The third-order valence-corrected chi connectivity index (χ3v) is 3.04. The average molecular weight is 287 g/mol. The van der Waals surface area contributed by atoms with Crippen molar-refractivity contribution in [2.75, 3.05) is 6.54 Å². The Labute approximate surface area is 112 Å². The number of rotatable bonds is 5. The van der Waals surface area contributed by atoms with Crippen LogP contribution in [0.2, 0.25) is 0 Å². The standard InChI is InChI=1S/C13H12F3NO3/c14-7-5-9(15)12(10(16)6-7)13(20)17(8-1-2-8)4-3-11(18)19/h5-6,8H,1-4H2,(H,18,19). The Morgan fingerprint density at radius 3 is 2.20 bits per heavy atom. The SMILES string of the molecule is O=C(O)CCN(C(=O)c1c(F)cc(F)cc1F)C1CC1. The molecule has 1 fully saturated rings. The summed E-state index contributed by atoms with van der Waals surface area (Å²) in [6.07, 6.45) is 1.01. The second-order valence-electron chi connectivity index (χ2n) is 4.62. The second-order valence-corrected chi connectivity index (χ2v) is 4.62. The van der Waals surface area contributed by atoms with Gasteiger partial charge in [-0.3, -0.25) is 9.59 Å². The predicted molar refractivity (Wildman–Crippen MR) is 62.6 cm³/mol. The Kier molecular flexibility index (Phi) is 3.96. The molecule has 1 N–H and O–H groups in total. The van der Waals surface area contributed by atoms with Crippen LogP contribution in [0.15, 0.2) is 12.1 Å². The molecule has 1 aromatic rings. The third kappa shape index (κ3) is 3.09. The molecule has 1 aliphatic carbocycles. The van der Waals surface area contributed by atoms with Crippen LogP contribution in [-0.2, 0) is 4.79 Å². The van der Waals surface area contributed by atoms with E-state index in [0.717, 1.165) is 4.90 Å². The minimum absolute atomic E-state index is 0.130. The van der Waals surface area contributed by atoms with Crippen molar-refractivity contribution in [3.63, 3.8) is 0 Å². The first-order chi connectivity index (χ1) is 9.40. The van der Waals surface area contributed by atoms with Crippen LogP contribution in [0, 0.1) is 17.5 Å². The van der Waals surface area contributed by atoms with Crippen LogP contribution < -0.4 is 0 Å². The maximum atomic E-state index is 13.6. The summed E-state index contributed by atoms with van der Waals surface area (Å²) in [4.78, 5) is 23.8. The van der Waals surface area contributed by atoms with Crippen LogP contribution in [0.5, 0.6) is 0 Å². The maximum Gasteiger partial charge on any atom is 0.305 e. The first kappa shape index (κ1) is 14.4. The predicted octanol–water partition coefficient (Wildman–Crippen LogP) is 2.18. The summed E-state index contributed by atoms with van der Waals surface area (Å²) in [6.45, 7) is -0.130. The van der Waals surface area contributed by atoms with Gasteiger partial charge in [0, 0.05) is 24.7 Å². The number of hydrogen-bond acceptors (Lipinski definition) is 2. The van der Waals surface area contributed by atoms with E-state index < -0.39 is 34.9 Å². The fraction of sp³-hybridized carbons (Fsp3) is 0.385. The van der Waals surface area contributed by atoms with Crippen LogP contribution in [0.3, 0.4) is 0 Å². The lowest BCUT2D eigenvalue weighted by Gasteiger charge is -2.22. The molecule has 2 rings (SSSR count). The molecule has 0 spiro atoms. The van der Waals surface area contributed by atoms with Crippen molar-refractivity contribution in [2.24, 2.45) is 0 Å². The Balaban J connectivity index is 2.25. The molecule has 1 aliphatic rings. The van der Waals surface area contributed by atoms with Crippen LogP contribution in [-0.4, -0.2) is 34.5 Å². The van der Waals surface area contributed by atoms with Crippen LogP contribution in [0.4, 0.5) is 13.2 Å². The number of benzene rings is 1. The van der Waals surface area contributed by atoms with Crippen LogP contribution in [0.25, 0.3) is 0 Å². The van der Waals surface area contributed by atoms with Gasteiger partial charge >= 0.3 is 5.97 Å². The Hall–Kier alpha value is -2.05. The lowest BCUT2D eigenvalue weighted by molar-refractivity contribution is -0.137. The van der Waals surface area contributed by atoms with E-state index >= 15 is 0 Å². The average Bonchev–Trinajstić information content (AvgIpc) is 3.11. The van der Waals surface area contributed by atoms with Gasteiger partial charge in [-0.05, 0) is 12.8 Å². The molecule has 20 heavy (non-hydrogen) atoms. The maximum absolute atomic E-state index is 13.6. The number of hydrogen-bond donors (Lipinski definition) is 1. The smallest absolute Gasteiger partial charge is 0.305 e. The number of carboxylic acids is 1. The summed E-state index contributed by atoms with van der Waals surface area (Å²) in [7, 11) is 0. The highest BCUT2D eigenvalue weighted by Gasteiger charge is 2.35. The van der Waals surface area contributed by atoms with E-state index in [1.807, 2.05) is 0 Å². The molecule has 0 aliphatic heterocycles. The molecule has 7 heteroatoms. The highest BCUT2D eigenvalue weighted by Crippen LogP contribution is 2.29. The molecule has 0 unspecified atom stereocenters. The summed E-state index contributed by atoms with van der Waals surface area (Å²) in [6, 6.07) is 0.655. The summed E-state index contributed by atoms with van der Waals surface area (Å²) in [5.74, 6) is -5.73. The zero-order valence-corrected chi connectivity index (χ0v) is 10.4. The summed E-state index contributed by atoms with van der Waals surface area (Å²) in [5, 5.41) is 8.63. The van der Waals surface area contributed by atoms with Crippen LogP contribution >= 0.6 is 0 Å². The van der Waals surface area contributed by atoms with Crippen molar-refractivity contribution < 1.29 is 27.9 Å². The monoisotopic (exact) mass is 287 g/mol. The lowest BCUT2D eigenvalue weighted by Crippen LogP contribution is -2.36. The van der Waals surface area contributed by atoms with Crippen molar-refractivity contribution in [2.45, 2.75) is 25.3 Å². The van der Waals surface area contributed by atoms with Gasteiger partial charge in [0.05, 0.1) is 6.42 Å². The minimum Gasteiger partial charge on any atom is -0.481 e. The molecular weight excluding hydrogens is 275 g/mol. The number of amides is 1. The number of halogens is 3. The highest BCUT2D eigenvalue weighted by molar-refractivity contribution is 5.95. The molecule has 1 aromatic carbocycles. The topological polar surface area (TPSA) is 57.6 Å². The zero-order valence-electron chi connectivity index (χ0n) is 10.4. The van der Waals surface area contributed by atoms with E-state index in [4.69, 9.17) is 5.11 Å². The highest BCUT2D eigenvalue weighted by atomic mass is 19.1. The Bertz CT molecular complexity index is 535. The summed E-state index contributed by atoms with van der Waals surface area (Å²) in [5.41, 5.74) is -0.844. The van der Waals surface area contributed by atoms with E-state index in [1.165, 1.54) is 0 Å². The molecule has 0 heterocycles. The first-order valence-electron chi connectivity index (χ1n) is 6.07. The zero-order chi connectivity index (χ0) is 14.9. The fourth-order valence-corrected chi connectivity index (χ4v) is 1.94. The van der Waals surface area contributed by atoms with E-state index in [-0.39, 0.29) is 19.0 Å². The van der Waals surface area contributed by atoms with E-state index in [0.29, 0.717) is 25.0 Å². The van der Waals surface area contributed by atoms with Gasteiger partial charge in [-0.15, -0.1) is 0 Å². The van der Waals surface area contributed by atoms with Gasteiger partial charge in [0.25, 0.3) is 5.91 Å². The molecule has 4 nitrogen and oxygen atoms in total. The van der Waals surface area contributed by atoms with Crippen molar-refractivity contribution in [1.82, 2.24) is 4.90 Å². The van der Waals surface area contributed by atoms with Crippen molar-refractivity contribution in [1.29, 1.82) is 0 Å². The third-order valence-electron chi connectivity index (χ3n) is 3.04. The molecule has 0 saturated heterocycles. The van der Waals surface area contributed by atoms with Gasteiger partial charge in [-0.25, -0.2) is 13.2 Å². The quantitative estimate of drug-likeness (QED) is 0.903. The molecule has 0 radical (unpaired) electrons. The van der Waals surface area contributed by atoms with Gasteiger partial charge in [0.15, 0.2) is 0 Å². The van der Waals surface area contributed by atoms with Crippen molar-refractivity contribution >= 4 is 11.9 Å². The normalized spacial score (nSPS) is 14.2. The van der Waals surface area contributed by atoms with Gasteiger partial charge in [0.2, 0.25) is 0 Å². The van der Waals surface area contributed by atoms with Crippen molar-refractivity contribution in [3.05, 3.63) is 35.1 Å². The van der Waals surface area contributed by atoms with E-state index in [2.05, 4.69) is 0 Å². The molecule has 1 saturated carbocycles. The van der Waals surface area contributed by atoms with Gasteiger partial charge in [-0.2, -0.15) is 0 Å². The first-order valence-corrected chi connectivity index (χ1v) is 6.07. The molecule has 0 aromatic heterocycles.